The number of ether oxygens (including phenoxy) is 1. The molecule has 0 aromatic rings. The van der Waals surface area contributed by atoms with E-state index in [1.165, 1.54) is 13.0 Å². The van der Waals surface area contributed by atoms with E-state index in [4.69, 9.17) is 5.11 Å². The number of carbonyl (C=O) groups is 2. The second-order valence-corrected chi connectivity index (χ2v) is 2.39. The van der Waals surface area contributed by atoms with Crippen LogP contribution in [0.4, 0.5) is 0 Å². The molecule has 0 saturated heterocycles. The van der Waals surface area contributed by atoms with E-state index in [0.29, 0.717) is 0 Å². The van der Waals surface area contributed by atoms with Gasteiger partial charge in [-0.1, -0.05) is 0 Å². The molecule has 0 saturated carbocycles. The fraction of sp³-hybridized carbons (Fsp3) is 0.429. The molecule has 12 heavy (non-hydrogen) atoms. The van der Waals surface area contributed by atoms with Gasteiger partial charge in [0.25, 0.3) is 0 Å². The first-order valence-electron chi connectivity index (χ1n) is 3.44. The summed E-state index contributed by atoms with van der Waals surface area (Å²) in [5.41, 5.74) is 0.0987. The van der Waals surface area contributed by atoms with Crippen molar-refractivity contribution in [3.05, 3.63) is 11.8 Å². The van der Waals surface area contributed by atoms with Crippen molar-refractivity contribution < 1.29 is 19.4 Å². The first-order valence-corrected chi connectivity index (χ1v) is 3.44. The van der Waals surface area contributed by atoms with E-state index in [2.05, 4.69) is 10.1 Å². The van der Waals surface area contributed by atoms with Gasteiger partial charge in [-0.05, 0) is 6.08 Å². The number of rotatable bonds is 2. The minimum atomic E-state index is -0.626. The summed E-state index contributed by atoms with van der Waals surface area (Å²) in [6.45, 7) is 1.02. The number of cyclic esters (lactones) is 1. The largest absolute Gasteiger partial charge is 0.451 e. The number of aliphatic hydroxyl groups is 1. The molecule has 0 aromatic carbocycles. The van der Waals surface area contributed by atoms with E-state index in [-0.39, 0.29) is 18.2 Å². The van der Waals surface area contributed by atoms with Crippen molar-refractivity contribution in [1.82, 2.24) is 5.32 Å². The predicted octanol–water partition coefficient (Wildman–Crippen LogP) is -1.08. The third-order valence-corrected chi connectivity index (χ3v) is 1.32. The molecule has 66 valence electrons. The van der Waals surface area contributed by atoms with Crippen molar-refractivity contribution in [2.45, 2.75) is 13.0 Å². The number of hydrogen-bond acceptors (Lipinski definition) is 4. The van der Waals surface area contributed by atoms with E-state index in [0.717, 1.165) is 0 Å². The fourth-order valence-corrected chi connectivity index (χ4v) is 0.861. The standard InChI is InChI=1S/C7H9NO4/c1-4(10)8-6-2-5(3-9)12-7(6)11/h2,5,9H,3H2,1H3,(H,8,10)/t5-/m0/s1. The Bertz CT molecular complexity index is 246. The van der Waals surface area contributed by atoms with Crippen LogP contribution in [0.25, 0.3) is 0 Å². The number of esters is 1. The average Bonchev–Trinajstić information content (AvgIpc) is 2.31. The molecule has 1 heterocycles. The van der Waals surface area contributed by atoms with Crippen LogP contribution in [-0.4, -0.2) is 29.7 Å². The maximum Gasteiger partial charge on any atom is 0.355 e. The minimum absolute atomic E-state index is 0.0987. The Kier molecular flexibility index (Phi) is 2.44. The average molecular weight is 171 g/mol. The summed E-state index contributed by atoms with van der Waals surface area (Å²) < 4.78 is 4.63. The van der Waals surface area contributed by atoms with E-state index >= 15 is 0 Å². The summed E-state index contributed by atoms with van der Waals surface area (Å²) in [6.07, 6.45) is 0.753. The van der Waals surface area contributed by atoms with Crippen molar-refractivity contribution in [2.24, 2.45) is 0 Å². The van der Waals surface area contributed by atoms with Gasteiger partial charge in [-0.3, -0.25) is 4.79 Å². The molecule has 0 fully saturated rings. The zero-order valence-corrected chi connectivity index (χ0v) is 6.53. The van der Waals surface area contributed by atoms with Crippen LogP contribution >= 0.6 is 0 Å². The normalized spacial score (nSPS) is 21.7. The second-order valence-electron chi connectivity index (χ2n) is 2.39. The van der Waals surface area contributed by atoms with E-state index in [1.807, 2.05) is 0 Å². The summed E-state index contributed by atoms with van der Waals surface area (Å²) in [5, 5.41) is 10.9. The molecular formula is C7H9NO4. The molecule has 0 unspecified atom stereocenters. The summed E-state index contributed by atoms with van der Waals surface area (Å²) in [7, 11) is 0. The van der Waals surface area contributed by atoms with Crippen molar-refractivity contribution in [3.63, 3.8) is 0 Å². The van der Waals surface area contributed by atoms with Gasteiger partial charge < -0.3 is 15.2 Å². The van der Waals surface area contributed by atoms with Crippen molar-refractivity contribution in [2.75, 3.05) is 6.61 Å². The van der Waals surface area contributed by atoms with Gasteiger partial charge in [-0.15, -0.1) is 0 Å². The van der Waals surface area contributed by atoms with Gasteiger partial charge in [0.2, 0.25) is 5.91 Å². The number of carbonyl (C=O) groups excluding carboxylic acids is 2. The lowest BCUT2D eigenvalue weighted by Crippen LogP contribution is -2.23. The van der Waals surface area contributed by atoms with Crippen LogP contribution in [0.5, 0.6) is 0 Å². The van der Waals surface area contributed by atoms with Crippen molar-refractivity contribution >= 4 is 11.9 Å². The highest BCUT2D eigenvalue weighted by atomic mass is 16.6. The molecule has 1 atom stereocenters. The van der Waals surface area contributed by atoms with Crippen LogP contribution in [0.1, 0.15) is 6.92 Å². The highest BCUT2D eigenvalue weighted by Gasteiger charge is 2.25. The Balaban J connectivity index is 2.63. The van der Waals surface area contributed by atoms with Gasteiger partial charge in [-0.2, -0.15) is 0 Å². The van der Waals surface area contributed by atoms with Crippen LogP contribution in [-0.2, 0) is 14.3 Å². The van der Waals surface area contributed by atoms with Crippen LogP contribution in [0, 0.1) is 0 Å². The van der Waals surface area contributed by atoms with Gasteiger partial charge in [0.05, 0.1) is 6.61 Å². The molecular weight excluding hydrogens is 162 g/mol. The first kappa shape index (κ1) is 8.73. The van der Waals surface area contributed by atoms with Crippen molar-refractivity contribution in [1.29, 1.82) is 0 Å². The molecule has 0 radical (unpaired) electrons. The van der Waals surface area contributed by atoms with Crippen LogP contribution in [0.2, 0.25) is 0 Å². The Morgan fingerprint density at radius 3 is 2.92 bits per heavy atom. The number of aliphatic hydroxyl groups excluding tert-OH is 1. The van der Waals surface area contributed by atoms with Gasteiger partial charge in [-0.25, -0.2) is 4.79 Å². The van der Waals surface area contributed by atoms with Crippen molar-refractivity contribution in [3.8, 4) is 0 Å². The lowest BCUT2D eigenvalue weighted by Gasteiger charge is -2.01. The van der Waals surface area contributed by atoms with Crippen LogP contribution in [0.15, 0.2) is 11.8 Å². The summed E-state index contributed by atoms with van der Waals surface area (Å²) in [6, 6.07) is 0. The zero-order chi connectivity index (χ0) is 9.14. The Hall–Kier alpha value is -1.36. The first-order chi connectivity index (χ1) is 5.63. The molecule has 5 heteroatoms. The Labute approximate surface area is 69.0 Å². The highest BCUT2D eigenvalue weighted by molar-refractivity contribution is 5.95. The summed E-state index contributed by atoms with van der Waals surface area (Å²) in [5.74, 6) is -0.943. The SMILES string of the molecule is CC(=O)NC1=C[C@@H](CO)OC1=O. The quantitative estimate of drug-likeness (QED) is 0.518. The van der Waals surface area contributed by atoms with Gasteiger partial charge in [0.15, 0.2) is 0 Å². The molecule has 0 aromatic heterocycles. The maximum atomic E-state index is 10.9. The number of amides is 1. The lowest BCUT2D eigenvalue weighted by atomic mass is 10.3. The smallest absolute Gasteiger partial charge is 0.355 e. The molecule has 0 bridgehead atoms. The molecule has 1 aliphatic rings. The summed E-state index contributed by atoms with van der Waals surface area (Å²) >= 11 is 0. The number of hydrogen-bond donors (Lipinski definition) is 2. The topological polar surface area (TPSA) is 75.6 Å². The van der Waals surface area contributed by atoms with Crippen LogP contribution < -0.4 is 5.32 Å². The molecule has 1 amide bonds. The second kappa shape index (κ2) is 3.36. The maximum absolute atomic E-state index is 10.9. The van der Waals surface area contributed by atoms with Gasteiger partial charge >= 0.3 is 5.97 Å². The highest BCUT2D eigenvalue weighted by Crippen LogP contribution is 2.10. The molecule has 0 spiro atoms. The molecule has 0 aliphatic carbocycles. The molecule has 1 rings (SSSR count). The molecule has 1 aliphatic heterocycles. The fourth-order valence-electron chi connectivity index (χ4n) is 0.861. The molecule has 2 N–H and O–H groups in total. The molecule has 5 nitrogen and oxygen atoms in total. The lowest BCUT2D eigenvalue weighted by molar-refractivity contribution is -0.142. The predicted molar refractivity (Wildman–Crippen MR) is 38.9 cm³/mol. The summed E-state index contributed by atoms with van der Waals surface area (Å²) in [4.78, 5) is 21.4. The Morgan fingerprint density at radius 1 is 1.83 bits per heavy atom. The third-order valence-electron chi connectivity index (χ3n) is 1.32. The van der Waals surface area contributed by atoms with E-state index in [9.17, 15) is 9.59 Å². The zero-order valence-electron chi connectivity index (χ0n) is 6.53. The monoisotopic (exact) mass is 171 g/mol. The Morgan fingerprint density at radius 2 is 2.50 bits per heavy atom. The van der Waals surface area contributed by atoms with Gasteiger partial charge in [0.1, 0.15) is 11.8 Å². The van der Waals surface area contributed by atoms with E-state index < -0.39 is 12.1 Å². The van der Waals surface area contributed by atoms with E-state index in [1.54, 1.807) is 0 Å². The third kappa shape index (κ3) is 1.82. The van der Waals surface area contributed by atoms with Crippen LogP contribution in [0.3, 0.4) is 0 Å². The minimum Gasteiger partial charge on any atom is -0.451 e. The van der Waals surface area contributed by atoms with Gasteiger partial charge in [0, 0.05) is 6.92 Å². The number of nitrogens with one attached hydrogen (secondary N) is 1.